The van der Waals surface area contributed by atoms with Gasteiger partial charge in [0.1, 0.15) is 47.9 Å². The van der Waals surface area contributed by atoms with Gasteiger partial charge in [0.25, 0.3) is 5.69 Å². The normalized spacial score (nSPS) is 11.4. The Morgan fingerprint density at radius 2 is 1.49 bits per heavy atom. The number of esters is 2. The number of nitrogens with zero attached hydrogens (tertiary/aromatic N) is 5. The van der Waals surface area contributed by atoms with Gasteiger partial charge in [-0.2, -0.15) is 10.5 Å². The van der Waals surface area contributed by atoms with E-state index < -0.39 is 40.7 Å². The molecule has 0 bridgehead atoms. The number of alkyl halides is 3. The topological polar surface area (TPSA) is 195 Å². The van der Waals surface area contributed by atoms with E-state index in [1.54, 1.807) is 42.7 Å². The molecule has 18 heteroatoms. The summed E-state index contributed by atoms with van der Waals surface area (Å²) in [5.74, 6) is -2.60. The molecular formula is C33H34F3N5O10. The maximum absolute atomic E-state index is 13.2. The van der Waals surface area contributed by atoms with E-state index in [0.717, 1.165) is 19.3 Å². The molecule has 0 heterocycles. The number of nitriles is 2. The summed E-state index contributed by atoms with van der Waals surface area (Å²) in [7, 11) is 1.01. The van der Waals surface area contributed by atoms with Crippen molar-refractivity contribution in [3.63, 3.8) is 0 Å². The minimum Gasteiger partial charge on any atom is -0.465 e. The second kappa shape index (κ2) is 19.6. The number of methoxy groups -OCH3 is 1. The number of halogens is 3. The van der Waals surface area contributed by atoms with Gasteiger partial charge in [0.15, 0.2) is 0 Å². The Morgan fingerprint density at radius 3 is 2.02 bits per heavy atom. The monoisotopic (exact) mass is 717 g/mol. The highest BCUT2D eigenvalue weighted by molar-refractivity contribution is 5.98. The fraction of sp³-hybridized carbons (Fsp3) is 0.364. The Balaban J connectivity index is 2.08. The van der Waals surface area contributed by atoms with Crippen LogP contribution in [-0.4, -0.2) is 82.5 Å². The number of nitro groups is 1. The lowest BCUT2D eigenvalue weighted by atomic mass is 10.1. The molecule has 0 spiro atoms. The Morgan fingerprint density at radius 1 is 0.882 bits per heavy atom. The lowest BCUT2D eigenvalue weighted by molar-refractivity contribution is -0.384. The van der Waals surface area contributed by atoms with Gasteiger partial charge in [-0.15, -0.1) is 13.2 Å². The van der Waals surface area contributed by atoms with Crippen molar-refractivity contribution < 1.29 is 56.2 Å². The van der Waals surface area contributed by atoms with Crippen LogP contribution in [0.4, 0.5) is 35.0 Å². The maximum atomic E-state index is 13.2. The fourth-order valence-electron chi connectivity index (χ4n) is 4.45. The Hall–Kier alpha value is -6.30. The molecule has 0 unspecified atom stereocenters. The summed E-state index contributed by atoms with van der Waals surface area (Å²) in [6.45, 7) is 5.17. The number of hydrogen-bond acceptors (Lipinski definition) is 14. The smallest absolute Gasteiger partial charge is 0.465 e. The van der Waals surface area contributed by atoms with Crippen molar-refractivity contribution in [2.24, 2.45) is 0 Å². The highest BCUT2D eigenvalue weighted by Crippen LogP contribution is 2.33. The molecule has 15 nitrogen and oxygen atoms in total. The van der Waals surface area contributed by atoms with E-state index in [1.807, 2.05) is 0 Å². The van der Waals surface area contributed by atoms with Crippen molar-refractivity contribution in [1.82, 2.24) is 0 Å². The quantitative estimate of drug-likeness (QED) is 0.0493. The van der Waals surface area contributed by atoms with Gasteiger partial charge in [-0.25, -0.2) is 14.4 Å². The summed E-state index contributed by atoms with van der Waals surface area (Å²) < 4.78 is 63.1. The molecule has 0 aliphatic rings. The minimum atomic E-state index is -5.09. The van der Waals surface area contributed by atoms with Gasteiger partial charge in [-0.1, -0.05) is 6.07 Å². The van der Waals surface area contributed by atoms with Gasteiger partial charge in [-0.3, -0.25) is 10.1 Å². The van der Waals surface area contributed by atoms with Gasteiger partial charge in [-0.05, 0) is 56.7 Å². The molecule has 272 valence electrons. The van der Waals surface area contributed by atoms with Gasteiger partial charge >= 0.3 is 24.5 Å². The number of carbonyl (C=O) groups excluding carboxylic acids is 3. The molecule has 2 aromatic carbocycles. The molecule has 0 saturated carbocycles. The van der Waals surface area contributed by atoms with Crippen LogP contribution >= 0.6 is 0 Å². The molecule has 51 heavy (non-hydrogen) atoms. The van der Waals surface area contributed by atoms with Crippen LogP contribution in [0.3, 0.4) is 0 Å². The van der Waals surface area contributed by atoms with Crippen molar-refractivity contribution >= 4 is 47.3 Å². The maximum Gasteiger partial charge on any atom is 0.573 e. The van der Waals surface area contributed by atoms with E-state index in [1.165, 1.54) is 36.4 Å². The SMILES string of the molecule is CCOC(=O)/C(C#N)=C/c1ccc(N(CC)CCOC(=O)OCCN(CC)c2ccc(/C=C(\C#N)C(=O)OC)c(OC(F)(F)F)c2)c([N+](=O)[O-])c1. The molecule has 0 amide bonds. The molecule has 0 aliphatic carbocycles. The molecule has 0 aliphatic heterocycles. The fourth-order valence-corrected chi connectivity index (χ4v) is 4.45. The molecule has 0 N–H and O–H groups in total. The first-order valence-corrected chi connectivity index (χ1v) is 15.2. The Kier molecular flexibility index (Phi) is 15.7. The Bertz CT molecular complexity index is 1730. The number of benzene rings is 2. The molecule has 0 atom stereocenters. The number of rotatable bonds is 17. The van der Waals surface area contributed by atoms with Crippen LogP contribution in [0.25, 0.3) is 12.2 Å². The standard InChI is InChI=1S/C33H34F3N5O10/c1-5-39(26-10-9-23(18-25(21-38)30(42)47-4)29(19-26)51-33(34,35)36)12-14-49-32(44)50-15-13-40(6-2)27-11-8-22(17-28(27)41(45)46)16-24(20-37)31(43)48-7-3/h8-11,16-19H,5-7,12-15H2,1-4H3/b24-16+,25-18+. The van der Waals surface area contributed by atoms with E-state index in [4.69, 9.17) is 14.2 Å². The van der Waals surface area contributed by atoms with Gasteiger partial charge in [0.05, 0.1) is 31.7 Å². The first-order chi connectivity index (χ1) is 24.2. The number of ether oxygens (including phenoxy) is 5. The second-order valence-electron chi connectivity index (χ2n) is 9.93. The van der Waals surface area contributed by atoms with Gasteiger partial charge < -0.3 is 33.5 Å². The molecule has 2 aromatic rings. The van der Waals surface area contributed by atoms with Crippen LogP contribution in [0, 0.1) is 32.8 Å². The lowest BCUT2D eigenvalue weighted by Gasteiger charge is -2.24. The summed E-state index contributed by atoms with van der Waals surface area (Å²) >= 11 is 0. The predicted molar refractivity (Wildman–Crippen MR) is 175 cm³/mol. The van der Waals surface area contributed by atoms with Crippen molar-refractivity contribution in [2.45, 2.75) is 27.1 Å². The summed E-state index contributed by atoms with van der Waals surface area (Å²) in [6, 6.07) is 11.1. The second-order valence-corrected chi connectivity index (χ2v) is 9.93. The van der Waals surface area contributed by atoms with E-state index >= 15 is 0 Å². The Labute approximate surface area is 290 Å². The zero-order valence-corrected chi connectivity index (χ0v) is 28.0. The van der Waals surface area contributed by atoms with Crippen molar-refractivity contribution in [3.8, 4) is 17.9 Å². The molecule has 2 rings (SSSR count). The molecular weight excluding hydrogens is 683 g/mol. The van der Waals surface area contributed by atoms with E-state index in [9.17, 15) is 48.2 Å². The largest absolute Gasteiger partial charge is 0.573 e. The molecule has 0 aromatic heterocycles. The first kappa shape index (κ1) is 40.9. The zero-order chi connectivity index (χ0) is 38.1. The average molecular weight is 718 g/mol. The van der Waals surface area contributed by atoms with Crippen LogP contribution in [0.2, 0.25) is 0 Å². The zero-order valence-electron chi connectivity index (χ0n) is 28.0. The number of nitro benzene ring substituents is 1. The molecule has 0 saturated heterocycles. The van der Waals surface area contributed by atoms with Crippen LogP contribution in [-0.2, 0) is 28.5 Å². The van der Waals surface area contributed by atoms with E-state index in [2.05, 4.69) is 9.47 Å². The van der Waals surface area contributed by atoms with Crippen molar-refractivity contribution in [2.75, 3.05) is 62.9 Å². The highest BCUT2D eigenvalue weighted by Gasteiger charge is 2.32. The number of anilines is 2. The van der Waals surface area contributed by atoms with Crippen LogP contribution in [0.1, 0.15) is 31.9 Å². The van der Waals surface area contributed by atoms with Crippen LogP contribution in [0.15, 0.2) is 47.5 Å². The highest BCUT2D eigenvalue weighted by atomic mass is 19.4. The third kappa shape index (κ3) is 12.6. The first-order valence-electron chi connectivity index (χ1n) is 15.2. The predicted octanol–water partition coefficient (Wildman–Crippen LogP) is 5.55. The van der Waals surface area contributed by atoms with Crippen LogP contribution < -0.4 is 14.5 Å². The van der Waals surface area contributed by atoms with Crippen molar-refractivity contribution in [1.29, 1.82) is 10.5 Å². The number of carbonyl (C=O) groups is 3. The van der Waals surface area contributed by atoms with Gasteiger partial charge in [0, 0.05) is 36.5 Å². The minimum absolute atomic E-state index is 0.0234. The van der Waals surface area contributed by atoms with Gasteiger partial charge in [0.2, 0.25) is 0 Å². The summed E-state index contributed by atoms with van der Waals surface area (Å²) in [5, 5.41) is 30.3. The van der Waals surface area contributed by atoms with Crippen molar-refractivity contribution in [3.05, 3.63) is 68.8 Å². The summed E-state index contributed by atoms with van der Waals surface area (Å²) in [6.07, 6.45) is -4.08. The number of likely N-dealkylation sites (N-methyl/N-ethyl adjacent to an activating group) is 2. The molecule has 0 radical (unpaired) electrons. The lowest BCUT2D eigenvalue weighted by Crippen LogP contribution is -2.30. The van der Waals surface area contributed by atoms with E-state index in [0.29, 0.717) is 0 Å². The van der Waals surface area contributed by atoms with Crippen LogP contribution in [0.5, 0.6) is 5.75 Å². The third-order valence-corrected chi connectivity index (χ3v) is 6.80. The molecule has 0 fully saturated rings. The summed E-state index contributed by atoms with van der Waals surface area (Å²) in [4.78, 5) is 50.3. The summed E-state index contributed by atoms with van der Waals surface area (Å²) in [5.41, 5.74) is -0.770. The average Bonchev–Trinajstić information content (AvgIpc) is 3.09. The number of hydrogen-bond donors (Lipinski definition) is 0. The third-order valence-electron chi connectivity index (χ3n) is 6.80. The van der Waals surface area contributed by atoms with E-state index in [-0.39, 0.29) is 79.8 Å².